The van der Waals surface area contributed by atoms with Crippen LogP contribution in [0.2, 0.25) is 0 Å². The van der Waals surface area contributed by atoms with Crippen molar-refractivity contribution in [1.82, 2.24) is 5.32 Å². The fourth-order valence-corrected chi connectivity index (χ4v) is 2.68. The zero-order valence-corrected chi connectivity index (χ0v) is 17.5. The Morgan fingerprint density at radius 1 is 0.966 bits per heavy atom. The van der Waals surface area contributed by atoms with Crippen molar-refractivity contribution in [3.63, 3.8) is 0 Å². The molecule has 0 bridgehead atoms. The summed E-state index contributed by atoms with van der Waals surface area (Å²) >= 11 is 0. The number of hydrogen-bond donors (Lipinski definition) is 1. The van der Waals surface area contributed by atoms with Gasteiger partial charge in [-0.3, -0.25) is 4.79 Å². The van der Waals surface area contributed by atoms with Crippen molar-refractivity contribution < 1.29 is 23.8 Å². The number of para-hydroxylation sites is 1. The minimum Gasteiger partial charge on any atom is -0.496 e. The van der Waals surface area contributed by atoms with Gasteiger partial charge in [-0.2, -0.15) is 0 Å². The van der Waals surface area contributed by atoms with Crippen molar-refractivity contribution >= 4 is 11.9 Å². The van der Waals surface area contributed by atoms with Gasteiger partial charge in [0.25, 0.3) is 5.91 Å². The van der Waals surface area contributed by atoms with E-state index in [9.17, 15) is 9.59 Å². The largest absolute Gasteiger partial charge is 0.496 e. The zero-order valence-electron chi connectivity index (χ0n) is 17.5. The van der Waals surface area contributed by atoms with Crippen molar-refractivity contribution in [1.29, 1.82) is 0 Å². The number of amides is 1. The molecule has 0 spiro atoms. The van der Waals surface area contributed by atoms with E-state index < -0.39 is 5.97 Å². The molecule has 0 unspecified atom stereocenters. The first kappa shape index (κ1) is 22.3. The van der Waals surface area contributed by atoms with Crippen LogP contribution in [0, 0.1) is 0 Å². The Kier molecular flexibility index (Phi) is 8.07. The summed E-state index contributed by atoms with van der Waals surface area (Å²) < 4.78 is 15.6. The molecule has 2 aromatic carbocycles. The molecule has 0 heterocycles. The lowest BCUT2D eigenvalue weighted by Gasteiger charge is -2.19. The lowest BCUT2D eigenvalue weighted by molar-refractivity contribution is -0.150. The van der Waals surface area contributed by atoms with Crippen LogP contribution in [-0.4, -0.2) is 38.7 Å². The average molecular weight is 399 g/mol. The predicted octanol–water partition coefficient (Wildman–Crippen LogP) is 3.27. The standard InChI is InChI=1S/C23H29NO5/c1-23(2,3)18-9-11-19(12-10-18)28-16-22(26)29-15-21(25)24-14-13-17-7-5-6-8-20(17)27-4/h5-12H,13-16H2,1-4H3,(H,24,25). The Bertz CT molecular complexity index is 809. The highest BCUT2D eigenvalue weighted by Gasteiger charge is 2.13. The Balaban J connectivity index is 1.66. The molecule has 0 aliphatic carbocycles. The average Bonchev–Trinajstić information content (AvgIpc) is 2.70. The summed E-state index contributed by atoms with van der Waals surface area (Å²) in [5.74, 6) is 0.407. The molecule has 156 valence electrons. The Morgan fingerprint density at radius 3 is 2.31 bits per heavy atom. The van der Waals surface area contributed by atoms with Gasteiger partial charge in [0.1, 0.15) is 11.5 Å². The van der Waals surface area contributed by atoms with Gasteiger partial charge in [0, 0.05) is 6.54 Å². The molecular formula is C23H29NO5. The van der Waals surface area contributed by atoms with Gasteiger partial charge in [0.05, 0.1) is 7.11 Å². The minimum atomic E-state index is -0.593. The maximum absolute atomic E-state index is 11.8. The van der Waals surface area contributed by atoms with Crippen molar-refractivity contribution in [2.75, 3.05) is 26.9 Å². The summed E-state index contributed by atoms with van der Waals surface area (Å²) in [5.41, 5.74) is 2.23. The molecule has 29 heavy (non-hydrogen) atoms. The van der Waals surface area contributed by atoms with Crippen LogP contribution in [0.3, 0.4) is 0 Å². The summed E-state index contributed by atoms with van der Waals surface area (Å²) in [5, 5.41) is 2.72. The van der Waals surface area contributed by atoms with Crippen molar-refractivity contribution in [2.24, 2.45) is 0 Å². The number of rotatable bonds is 9. The van der Waals surface area contributed by atoms with E-state index in [1.54, 1.807) is 7.11 Å². The normalized spacial score (nSPS) is 10.9. The molecule has 0 atom stereocenters. The lowest BCUT2D eigenvalue weighted by Crippen LogP contribution is -2.31. The second kappa shape index (κ2) is 10.5. The molecule has 0 aromatic heterocycles. The highest BCUT2D eigenvalue weighted by atomic mass is 16.6. The van der Waals surface area contributed by atoms with Crippen LogP contribution in [0.1, 0.15) is 31.9 Å². The SMILES string of the molecule is COc1ccccc1CCNC(=O)COC(=O)COc1ccc(C(C)(C)C)cc1. The number of carbonyl (C=O) groups is 2. The van der Waals surface area contributed by atoms with Crippen LogP contribution >= 0.6 is 0 Å². The third-order valence-electron chi connectivity index (χ3n) is 4.35. The summed E-state index contributed by atoms with van der Waals surface area (Å²) in [4.78, 5) is 23.6. The maximum Gasteiger partial charge on any atom is 0.344 e. The molecule has 6 nitrogen and oxygen atoms in total. The number of nitrogens with one attached hydrogen (secondary N) is 1. The molecular weight excluding hydrogens is 370 g/mol. The van der Waals surface area contributed by atoms with Gasteiger partial charge in [-0.15, -0.1) is 0 Å². The summed E-state index contributed by atoms with van der Waals surface area (Å²) in [7, 11) is 1.61. The highest BCUT2D eigenvalue weighted by Crippen LogP contribution is 2.24. The maximum atomic E-state index is 11.8. The molecule has 0 saturated heterocycles. The van der Waals surface area contributed by atoms with Crippen LogP contribution in [-0.2, 0) is 26.2 Å². The number of benzene rings is 2. The highest BCUT2D eigenvalue weighted by molar-refractivity contribution is 5.80. The van der Waals surface area contributed by atoms with Gasteiger partial charge in [-0.05, 0) is 41.2 Å². The van der Waals surface area contributed by atoms with Crippen LogP contribution in [0.4, 0.5) is 0 Å². The van der Waals surface area contributed by atoms with Gasteiger partial charge in [0.15, 0.2) is 13.2 Å². The van der Waals surface area contributed by atoms with Gasteiger partial charge in [-0.25, -0.2) is 4.79 Å². The molecule has 6 heteroatoms. The van der Waals surface area contributed by atoms with E-state index in [1.807, 2.05) is 48.5 Å². The summed E-state index contributed by atoms with van der Waals surface area (Å²) in [6.45, 7) is 6.22. The summed E-state index contributed by atoms with van der Waals surface area (Å²) in [6, 6.07) is 15.2. The van der Waals surface area contributed by atoms with E-state index in [0.29, 0.717) is 18.7 Å². The number of esters is 1. The number of hydrogen-bond acceptors (Lipinski definition) is 5. The molecule has 0 aliphatic heterocycles. The minimum absolute atomic E-state index is 0.0520. The van der Waals surface area contributed by atoms with Crippen LogP contribution in [0.15, 0.2) is 48.5 Å². The predicted molar refractivity (Wildman–Crippen MR) is 111 cm³/mol. The molecule has 0 aliphatic rings. The Morgan fingerprint density at radius 2 is 1.66 bits per heavy atom. The van der Waals surface area contributed by atoms with Gasteiger partial charge >= 0.3 is 5.97 Å². The number of methoxy groups -OCH3 is 1. The zero-order chi connectivity index (χ0) is 21.3. The third-order valence-corrected chi connectivity index (χ3v) is 4.35. The topological polar surface area (TPSA) is 73.9 Å². The van der Waals surface area contributed by atoms with Gasteiger partial charge < -0.3 is 19.5 Å². The monoisotopic (exact) mass is 399 g/mol. The first-order valence-corrected chi connectivity index (χ1v) is 9.57. The molecule has 2 rings (SSSR count). The van der Waals surface area contributed by atoms with E-state index in [0.717, 1.165) is 11.3 Å². The third kappa shape index (κ3) is 7.49. The number of carbonyl (C=O) groups excluding carboxylic acids is 2. The lowest BCUT2D eigenvalue weighted by atomic mass is 9.87. The molecule has 2 aromatic rings. The fraction of sp³-hybridized carbons (Fsp3) is 0.391. The van der Waals surface area contributed by atoms with E-state index >= 15 is 0 Å². The van der Waals surface area contributed by atoms with E-state index in [-0.39, 0.29) is 24.5 Å². The molecule has 0 fully saturated rings. The van der Waals surface area contributed by atoms with Gasteiger partial charge in [0.2, 0.25) is 0 Å². The molecule has 0 saturated carbocycles. The Labute approximate surface area is 172 Å². The first-order valence-electron chi connectivity index (χ1n) is 9.57. The van der Waals surface area contributed by atoms with Crippen molar-refractivity contribution in [3.05, 3.63) is 59.7 Å². The van der Waals surface area contributed by atoms with E-state index in [2.05, 4.69) is 26.1 Å². The second-order valence-corrected chi connectivity index (χ2v) is 7.64. The van der Waals surface area contributed by atoms with E-state index in [4.69, 9.17) is 14.2 Å². The molecule has 0 radical (unpaired) electrons. The molecule has 1 N–H and O–H groups in total. The second-order valence-electron chi connectivity index (χ2n) is 7.64. The number of ether oxygens (including phenoxy) is 3. The van der Waals surface area contributed by atoms with Crippen LogP contribution < -0.4 is 14.8 Å². The molecule has 1 amide bonds. The van der Waals surface area contributed by atoms with Crippen LogP contribution in [0.25, 0.3) is 0 Å². The Hall–Kier alpha value is -3.02. The van der Waals surface area contributed by atoms with E-state index in [1.165, 1.54) is 5.56 Å². The first-order chi connectivity index (χ1) is 13.8. The van der Waals surface area contributed by atoms with Crippen molar-refractivity contribution in [2.45, 2.75) is 32.6 Å². The van der Waals surface area contributed by atoms with Crippen molar-refractivity contribution in [3.8, 4) is 11.5 Å². The smallest absolute Gasteiger partial charge is 0.344 e. The quantitative estimate of drug-likeness (QED) is 0.655. The van der Waals surface area contributed by atoms with Crippen LogP contribution in [0.5, 0.6) is 11.5 Å². The van der Waals surface area contributed by atoms with Gasteiger partial charge in [-0.1, -0.05) is 51.1 Å². The fourth-order valence-electron chi connectivity index (χ4n) is 2.68. The summed E-state index contributed by atoms with van der Waals surface area (Å²) in [6.07, 6.45) is 0.622.